The van der Waals surface area contributed by atoms with Crippen LogP contribution < -0.4 is 19.6 Å². The van der Waals surface area contributed by atoms with Gasteiger partial charge < -0.3 is 9.47 Å². The van der Waals surface area contributed by atoms with Gasteiger partial charge in [0, 0.05) is 4.47 Å². The number of methoxy groups -OCH3 is 1. The van der Waals surface area contributed by atoms with E-state index in [4.69, 9.17) is 14.5 Å². The third-order valence-corrected chi connectivity index (χ3v) is 8.01. The summed E-state index contributed by atoms with van der Waals surface area (Å²) in [7, 11) is 1.61. The normalized spacial score (nSPS) is 15.5. The number of nitrogens with zero attached hydrogens (tertiary/aromatic N) is 2. The van der Waals surface area contributed by atoms with Gasteiger partial charge in [0.15, 0.2) is 4.80 Å². The molecule has 2 heterocycles. The fourth-order valence-corrected chi connectivity index (χ4v) is 5.77. The number of hydrogen-bond donors (Lipinski definition) is 0. The van der Waals surface area contributed by atoms with Crippen LogP contribution in [0.3, 0.4) is 0 Å². The SMILES string of the molecule is CCCC1=C(C(=O)OCC)[C@H](c2ccc(C(C)C)cc2)n2c(s/c(=C\c3cc(OC)ccc3Br)c2=O)=N1. The van der Waals surface area contributed by atoms with Crippen molar-refractivity contribution in [2.24, 2.45) is 4.99 Å². The molecular formula is C29H31BrN2O4S. The summed E-state index contributed by atoms with van der Waals surface area (Å²) in [4.78, 5) is 32.6. The monoisotopic (exact) mass is 582 g/mol. The number of benzene rings is 2. The summed E-state index contributed by atoms with van der Waals surface area (Å²) in [5.41, 5.74) is 3.77. The van der Waals surface area contributed by atoms with E-state index in [9.17, 15) is 9.59 Å². The molecule has 2 aromatic carbocycles. The smallest absolute Gasteiger partial charge is 0.338 e. The van der Waals surface area contributed by atoms with Gasteiger partial charge in [0.25, 0.3) is 5.56 Å². The number of thiazole rings is 1. The van der Waals surface area contributed by atoms with Gasteiger partial charge in [-0.25, -0.2) is 9.79 Å². The van der Waals surface area contributed by atoms with Gasteiger partial charge in [-0.05, 0) is 60.2 Å². The molecule has 37 heavy (non-hydrogen) atoms. The van der Waals surface area contributed by atoms with Crippen molar-refractivity contribution < 1.29 is 14.3 Å². The van der Waals surface area contributed by atoms with Crippen molar-refractivity contribution in [3.05, 3.63) is 94.6 Å². The van der Waals surface area contributed by atoms with Crippen LogP contribution in [-0.4, -0.2) is 24.3 Å². The number of carbonyl (C=O) groups excluding carboxylic acids is 1. The number of fused-ring (bicyclic) bond motifs is 1. The number of hydrogen-bond acceptors (Lipinski definition) is 6. The average molecular weight is 584 g/mol. The molecule has 1 atom stereocenters. The fraction of sp³-hybridized carbons (Fsp3) is 0.345. The molecule has 1 aliphatic heterocycles. The number of allylic oxidation sites excluding steroid dienone is 1. The van der Waals surface area contributed by atoms with E-state index in [1.54, 1.807) is 18.6 Å². The van der Waals surface area contributed by atoms with Gasteiger partial charge in [-0.3, -0.25) is 9.36 Å². The molecule has 0 bridgehead atoms. The zero-order valence-electron chi connectivity index (χ0n) is 21.7. The Morgan fingerprint density at radius 1 is 1.19 bits per heavy atom. The van der Waals surface area contributed by atoms with E-state index in [-0.39, 0.29) is 12.2 Å². The first-order valence-corrected chi connectivity index (χ1v) is 14.0. The minimum atomic E-state index is -0.617. The maximum absolute atomic E-state index is 13.9. The Kier molecular flexibility index (Phi) is 8.49. The van der Waals surface area contributed by atoms with Gasteiger partial charge in [0.1, 0.15) is 5.75 Å². The molecule has 0 N–H and O–H groups in total. The topological polar surface area (TPSA) is 69.9 Å². The summed E-state index contributed by atoms with van der Waals surface area (Å²) in [6.07, 6.45) is 3.26. The summed E-state index contributed by atoms with van der Waals surface area (Å²) in [6.45, 7) is 8.35. The van der Waals surface area contributed by atoms with E-state index in [0.29, 0.717) is 38.7 Å². The van der Waals surface area contributed by atoms with Crippen molar-refractivity contribution in [2.75, 3.05) is 13.7 Å². The summed E-state index contributed by atoms with van der Waals surface area (Å²) in [6, 6.07) is 13.1. The Labute approximate surface area is 229 Å². The van der Waals surface area contributed by atoms with Crippen LogP contribution in [0, 0.1) is 0 Å². The minimum absolute atomic E-state index is 0.200. The summed E-state index contributed by atoms with van der Waals surface area (Å²) >= 11 is 4.89. The molecule has 1 aliphatic rings. The molecule has 0 fully saturated rings. The quantitative estimate of drug-likeness (QED) is 0.330. The van der Waals surface area contributed by atoms with E-state index in [0.717, 1.165) is 22.0 Å². The number of halogens is 1. The predicted octanol–water partition coefficient (Wildman–Crippen LogP) is 5.47. The average Bonchev–Trinajstić information content (AvgIpc) is 3.19. The van der Waals surface area contributed by atoms with Gasteiger partial charge in [0.05, 0.1) is 35.6 Å². The van der Waals surface area contributed by atoms with Crippen LogP contribution in [0.1, 0.15) is 69.2 Å². The van der Waals surface area contributed by atoms with Crippen molar-refractivity contribution in [3.63, 3.8) is 0 Å². The Balaban J connectivity index is 1.99. The van der Waals surface area contributed by atoms with Crippen LogP contribution in [0.5, 0.6) is 5.75 Å². The van der Waals surface area contributed by atoms with Crippen LogP contribution in [0.25, 0.3) is 6.08 Å². The van der Waals surface area contributed by atoms with Gasteiger partial charge in [-0.1, -0.05) is 78.7 Å². The van der Waals surface area contributed by atoms with E-state index < -0.39 is 12.0 Å². The Morgan fingerprint density at radius 3 is 2.54 bits per heavy atom. The Hall–Kier alpha value is -2.97. The zero-order chi connectivity index (χ0) is 26.7. The van der Waals surface area contributed by atoms with Crippen LogP contribution in [0.4, 0.5) is 0 Å². The lowest BCUT2D eigenvalue weighted by atomic mass is 9.92. The summed E-state index contributed by atoms with van der Waals surface area (Å²) in [5, 5.41) is 0. The molecule has 3 aromatic rings. The molecule has 0 spiro atoms. The molecule has 0 radical (unpaired) electrons. The number of carbonyl (C=O) groups is 1. The second-order valence-electron chi connectivity index (χ2n) is 9.12. The molecule has 194 valence electrons. The van der Waals surface area contributed by atoms with Gasteiger partial charge >= 0.3 is 5.97 Å². The molecule has 0 amide bonds. The first-order valence-electron chi connectivity index (χ1n) is 12.4. The molecule has 0 aliphatic carbocycles. The molecule has 1 aromatic heterocycles. The maximum atomic E-state index is 13.9. The Morgan fingerprint density at radius 2 is 1.92 bits per heavy atom. The lowest BCUT2D eigenvalue weighted by molar-refractivity contribution is -0.139. The molecule has 0 saturated heterocycles. The van der Waals surface area contributed by atoms with E-state index in [1.807, 2.05) is 43.3 Å². The summed E-state index contributed by atoms with van der Waals surface area (Å²) in [5.74, 6) is 0.630. The third-order valence-electron chi connectivity index (χ3n) is 6.30. The lowest BCUT2D eigenvalue weighted by Crippen LogP contribution is -2.40. The zero-order valence-corrected chi connectivity index (χ0v) is 24.1. The lowest BCUT2D eigenvalue weighted by Gasteiger charge is -2.26. The molecular weight excluding hydrogens is 552 g/mol. The predicted molar refractivity (Wildman–Crippen MR) is 151 cm³/mol. The van der Waals surface area contributed by atoms with Crippen molar-refractivity contribution in [1.82, 2.24) is 4.57 Å². The van der Waals surface area contributed by atoms with E-state index in [2.05, 4.69) is 41.9 Å². The molecule has 8 heteroatoms. The van der Waals surface area contributed by atoms with E-state index >= 15 is 0 Å². The minimum Gasteiger partial charge on any atom is -0.497 e. The largest absolute Gasteiger partial charge is 0.497 e. The highest BCUT2D eigenvalue weighted by Crippen LogP contribution is 2.33. The fourth-order valence-electron chi connectivity index (χ4n) is 4.40. The van der Waals surface area contributed by atoms with Gasteiger partial charge in [-0.15, -0.1) is 0 Å². The second-order valence-corrected chi connectivity index (χ2v) is 11.0. The third kappa shape index (κ3) is 5.50. The first kappa shape index (κ1) is 27.1. The number of aromatic nitrogens is 1. The highest BCUT2D eigenvalue weighted by atomic mass is 79.9. The number of ether oxygens (including phenoxy) is 2. The second kappa shape index (κ2) is 11.6. The van der Waals surface area contributed by atoms with Crippen LogP contribution in [-0.2, 0) is 9.53 Å². The highest BCUT2D eigenvalue weighted by Gasteiger charge is 2.34. The van der Waals surface area contributed by atoms with Crippen molar-refractivity contribution in [3.8, 4) is 5.75 Å². The van der Waals surface area contributed by atoms with Gasteiger partial charge in [-0.2, -0.15) is 0 Å². The van der Waals surface area contributed by atoms with Crippen molar-refractivity contribution in [1.29, 1.82) is 0 Å². The number of esters is 1. The number of rotatable bonds is 8. The summed E-state index contributed by atoms with van der Waals surface area (Å²) < 4.78 is 13.9. The van der Waals surface area contributed by atoms with Gasteiger partial charge in [0.2, 0.25) is 0 Å². The Bertz CT molecular complexity index is 1520. The van der Waals surface area contributed by atoms with Crippen LogP contribution >= 0.6 is 27.3 Å². The molecule has 0 unspecified atom stereocenters. The van der Waals surface area contributed by atoms with Crippen LogP contribution in [0.15, 0.2) is 68.0 Å². The van der Waals surface area contributed by atoms with Crippen molar-refractivity contribution in [2.45, 2.75) is 52.5 Å². The maximum Gasteiger partial charge on any atom is 0.338 e. The molecule has 4 rings (SSSR count). The van der Waals surface area contributed by atoms with Crippen molar-refractivity contribution >= 4 is 39.3 Å². The highest BCUT2D eigenvalue weighted by molar-refractivity contribution is 9.10. The molecule has 0 saturated carbocycles. The first-order chi connectivity index (χ1) is 17.8. The molecule has 6 nitrogen and oxygen atoms in total. The van der Waals surface area contributed by atoms with Crippen LogP contribution in [0.2, 0.25) is 0 Å². The van der Waals surface area contributed by atoms with E-state index in [1.165, 1.54) is 16.9 Å². The standard InChI is InChI=1S/C29H31BrN2O4S/c1-6-8-23-25(28(34)36-7-2)26(19-11-9-18(10-12-19)17(3)4)32-27(33)24(37-29(32)31-23)16-20-15-21(35-5)13-14-22(20)30/h9-17,26H,6-8H2,1-5H3/b24-16-/t26-/m0/s1.